The molecule has 5 nitrogen and oxygen atoms in total. The highest BCUT2D eigenvalue weighted by atomic mass is 16.4. The molecular formula is C17H14O5. The van der Waals surface area contributed by atoms with Crippen LogP contribution in [0.2, 0.25) is 0 Å². The fraction of sp³-hybridized carbons (Fsp3) is 0.118. The van der Waals surface area contributed by atoms with Crippen molar-refractivity contribution in [2.24, 2.45) is 0 Å². The second-order valence-corrected chi connectivity index (χ2v) is 5.02. The van der Waals surface area contributed by atoms with Gasteiger partial charge in [-0.25, -0.2) is 9.59 Å². The lowest BCUT2D eigenvalue weighted by Crippen LogP contribution is -2.11. The van der Waals surface area contributed by atoms with Crippen LogP contribution < -0.4 is 0 Å². The summed E-state index contributed by atoms with van der Waals surface area (Å²) >= 11 is 0. The molecule has 0 saturated carbocycles. The quantitative estimate of drug-likeness (QED) is 0.847. The smallest absolute Gasteiger partial charge is 0.336 e. The first-order chi connectivity index (χ1) is 10.3. The summed E-state index contributed by atoms with van der Waals surface area (Å²) in [5.74, 6) is -3.06. The highest BCUT2D eigenvalue weighted by Crippen LogP contribution is 2.19. The number of aryl methyl sites for hydroxylation is 2. The maximum absolute atomic E-state index is 12.5. The van der Waals surface area contributed by atoms with Crippen molar-refractivity contribution in [2.75, 3.05) is 0 Å². The molecule has 0 aromatic heterocycles. The molecule has 2 N–H and O–H groups in total. The number of carbonyl (C=O) groups is 3. The lowest BCUT2D eigenvalue weighted by atomic mass is 9.95. The average molecular weight is 298 g/mol. The van der Waals surface area contributed by atoms with Gasteiger partial charge in [0.15, 0.2) is 5.78 Å². The van der Waals surface area contributed by atoms with E-state index in [0.29, 0.717) is 5.56 Å². The summed E-state index contributed by atoms with van der Waals surface area (Å²) in [6.45, 7) is 3.64. The molecule has 0 radical (unpaired) electrons. The minimum Gasteiger partial charge on any atom is -0.478 e. The number of rotatable bonds is 4. The van der Waals surface area contributed by atoms with Crippen molar-refractivity contribution in [3.63, 3.8) is 0 Å². The Balaban J connectivity index is 2.55. The highest BCUT2D eigenvalue weighted by Gasteiger charge is 2.20. The number of ketones is 1. The molecular weight excluding hydrogens is 284 g/mol. The number of carbonyl (C=O) groups excluding carboxylic acids is 1. The van der Waals surface area contributed by atoms with Crippen molar-refractivity contribution in [2.45, 2.75) is 13.8 Å². The number of carboxylic acid groups (broad SMARTS) is 2. The molecule has 0 saturated heterocycles. The van der Waals surface area contributed by atoms with Crippen LogP contribution in [0.4, 0.5) is 0 Å². The molecule has 112 valence electrons. The van der Waals surface area contributed by atoms with Crippen LogP contribution in [-0.2, 0) is 0 Å². The van der Waals surface area contributed by atoms with Gasteiger partial charge in [-0.15, -0.1) is 0 Å². The molecule has 0 fully saturated rings. The van der Waals surface area contributed by atoms with Gasteiger partial charge >= 0.3 is 11.9 Å². The van der Waals surface area contributed by atoms with Crippen molar-refractivity contribution >= 4 is 17.7 Å². The van der Waals surface area contributed by atoms with Crippen LogP contribution in [0.5, 0.6) is 0 Å². The van der Waals surface area contributed by atoms with E-state index in [9.17, 15) is 14.4 Å². The molecule has 2 aromatic carbocycles. The third-order valence-electron chi connectivity index (χ3n) is 3.38. The zero-order valence-electron chi connectivity index (χ0n) is 12.1. The lowest BCUT2D eigenvalue weighted by molar-refractivity contribution is 0.0651. The van der Waals surface area contributed by atoms with Gasteiger partial charge in [0.05, 0.1) is 11.1 Å². The fourth-order valence-corrected chi connectivity index (χ4v) is 2.18. The highest BCUT2D eigenvalue weighted by molar-refractivity contribution is 6.12. The summed E-state index contributed by atoms with van der Waals surface area (Å²) in [5.41, 5.74) is 1.56. The predicted molar refractivity (Wildman–Crippen MR) is 79.7 cm³/mol. The van der Waals surface area contributed by atoms with Gasteiger partial charge in [-0.05, 0) is 37.6 Å². The molecule has 0 amide bonds. The fourth-order valence-electron chi connectivity index (χ4n) is 2.18. The van der Waals surface area contributed by atoms with E-state index in [2.05, 4.69) is 0 Å². The molecule has 0 unspecified atom stereocenters. The van der Waals surface area contributed by atoms with Crippen LogP contribution in [0.25, 0.3) is 0 Å². The van der Waals surface area contributed by atoms with Crippen LogP contribution >= 0.6 is 0 Å². The van der Waals surface area contributed by atoms with Gasteiger partial charge in [0, 0.05) is 11.1 Å². The van der Waals surface area contributed by atoms with Crippen molar-refractivity contribution in [1.82, 2.24) is 0 Å². The first-order valence-electron chi connectivity index (χ1n) is 6.54. The first kappa shape index (κ1) is 15.4. The largest absolute Gasteiger partial charge is 0.478 e. The van der Waals surface area contributed by atoms with Crippen molar-refractivity contribution < 1.29 is 24.6 Å². The van der Waals surface area contributed by atoms with Crippen LogP contribution in [0.1, 0.15) is 47.8 Å². The molecule has 0 aliphatic rings. The Kier molecular flexibility index (Phi) is 4.08. The van der Waals surface area contributed by atoms with E-state index in [1.54, 1.807) is 13.0 Å². The van der Waals surface area contributed by atoms with E-state index in [0.717, 1.165) is 23.3 Å². The van der Waals surface area contributed by atoms with Crippen LogP contribution in [0, 0.1) is 13.8 Å². The molecule has 0 aliphatic carbocycles. The Morgan fingerprint density at radius 2 is 1.41 bits per heavy atom. The molecule has 22 heavy (non-hydrogen) atoms. The van der Waals surface area contributed by atoms with Crippen molar-refractivity contribution in [3.05, 3.63) is 69.8 Å². The van der Waals surface area contributed by atoms with Gasteiger partial charge in [-0.1, -0.05) is 23.8 Å². The molecule has 0 heterocycles. The Hall–Kier alpha value is -2.95. The maximum Gasteiger partial charge on any atom is 0.336 e. The number of benzene rings is 2. The second kappa shape index (κ2) is 5.81. The Bertz CT molecular complexity index is 790. The number of hydrogen-bond donors (Lipinski definition) is 2. The van der Waals surface area contributed by atoms with Gasteiger partial charge in [-0.2, -0.15) is 0 Å². The summed E-state index contributed by atoms with van der Waals surface area (Å²) in [6.07, 6.45) is 0. The third kappa shape index (κ3) is 2.88. The van der Waals surface area contributed by atoms with Crippen LogP contribution in [0.15, 0.2) is 36.4 Å². The molecule has 5 heteroatoms. The van der Waals surface area contributed by atoms with E-state index in [-0.39, 0.29) is 16.9 Å². The third-order valence-corrected chi connectivity index (χ3v) is 3.38. The Labute approximate surface area is 126 Å². The van der Waals surface area contributed by atoms with E-state index in [4.69, 9.17) is 10.2 Å². The molecule has 0 spiro atoms. The monoisotopic (exact) mass is 298 g/mol. The van der Waals surface area contributed by atoms with E-state index in [1.807, 2.05) is 19.1 Å². The van der Waals surface area contributed by atoms with Gasteiger partial charge in [0.25, 0.3) is 0 Å². The van der Waals surface area contributed by atoms with Gasteiger partial charge in [-0.3, -0.25) is 4.79 Å². The number of carboxylic acids is 2. The molecule has 2 rings (SSSR count). The minimum absolute atomic E-state index is 0.149. The van der Waals surface area contributed by atoms with Gasteiger partial charge < -0.3 is 10.2 Å². The van der Waals surface area contributed by atoms with Gasteiger partial charge in [0.2, 0.25) is 0 Å². The normalized spacial score (nSPS) is 10.3. The Morgan fingerprint density at radius 1 is 0.773 bits per heavy atom. The van der Waals surface area contributed by atoms with Gasteiger partial charge in [0.1, 0.15) is 0 Å². The topological polar surface area (TPSA) is 91.7 Å². The summed E-state index contributed by atoms with van der Waals surface area (Å²) in [7, 11) is 0. The van der Waals surface area contributed by atoms with E-state index < -0.39 is 17.5 Å². The number of hydrogen-bond acceptors (Lipinski definition) is 3. The zero-order valence-corrected chi connectivity index (χ0v) is 12.1. The summed E-state index contributed by atoms with van der Waals surface area (Å²) in [6, 6.07) is 9.00. The molecule has 0 atom stereocenters. The molecule has 2 aromatic rings. The van der Waals surface area contributed by atoms with Crippen molar-refractivity contribution in [3.8, 4) is 0 Å². The van der Waals surface area contributed by atoms with Crippen LogP contribution in [0.3, 0.4) is 0 Å². The van der Waals surface area contributed by atoms with Crippen molar-refractivity contribution in [1.29, 1.82) is 0 Å². The van der Waals surface area contributed by atoms with E-state index in [1.165, 1.54) is 6.07 Å². The van der Waals surface area contributed by atoms with Crippen LogP contribution in [-0.4, -0.2) is 27.9 Å². The predicted octanol–water partition coefficient (Wildman–Crippen LogP) is 2.93. The standard InChI is InChI=1S/C17H14O5/c1-9-3-4-10(2)13(7-9)15(18)11-5-6-12(16(19)20)14(8-11)17(21)22/h3-8H,1-2H3,(H,19,20)(H,21,22). The zero-order chi connectivity index (χ0) is 16.4. The van der Waals surface area contributed by atoms with E-state index >= 15 is 0 Å². The second-order valence-electron chi connectivity index (χ2n) is 5.02. The SMILES string of the molecule is Cc1ccc(C)c(C(=O)c2ccc(C(=O)O)c(C(=O)O)c2)c1. The summed E-state index contributed by atoms with van der Waals surface area (Å²) in [5, 5.41) is 18.1. The number of aromatic carboxylic acids is 2. The molecule has 0 aliphatic heterocycles. The summed E-state index contributed by atoms with van der Waals surface area (Å²) in [4.78, 5) is 34.7. The summed E-state index contributed by atoms with van der Waals surface area (Å²) < 4.78 is 0. The minimum atomic E-state index is -1.38. The lowest BCUT2D eigenvalue weighted by Gasteiger charge is -2.08. The Morgan fingerprint density at radius 3 is 2.00 bits per heavy atom. The average Bonchev–Trinajstić information content (AvgIpc) is 2.48. The first-order valence-corrected chi connectivity index (χ1v) is 6.54. The maximum atomic E-state index is 12.5. The molecule has 0 bridgehead atoms.